The maximum Gasteiger partial charge on any atom is 0.417 e. The molecule has 2 aromatic heterocycles. The third kappa shape index (κ3) is 5.47. The molecule has 0 aliphatic rings. The molecule has 2 amide bonds. The second kappa shape index (κ2) is 8.86. The molecule has 31 heavy (non-hydrogen) atoms. The van der Waals surface area contributed by atoms with Crippen molar-refractivity contribution in [3.8, 4) is 0 Å². The van der Waals surface area contributed by atoms with Crippen LogP contribution in [0.1, 0.15) is 43.7 Å². The summed E-state index contributed by atoms with van der Waals surface area (Å²) in [7, 11) is 0. The SMILES string of the molecule is C[C@H](NC(=O)c1cc(N)ncn1)c1ncc(C(=O)Nc2ccc(Cl)c(C(F)(F)F)c2)s1. The van der Waals surface area contributed by atoms with Crippen molar-refractivity contribution in [2.45, 2.75) is 19.1 Å². The molecule has 162 valence electrons. The predicted molar refractivity (Wildman–Crippen MR) is 109 cm³/mol. The van der Waals surface area contributed by atoms with Crippen molar-refractivity contribution in [3.63, 3.8) is 0 Å². The average Bonchev–Trinajstić information content (AvgIpc) is 3.19. The Morgan fingerprint density at radius 1 is 1.16 bits per heavy atom. The van der Waals surface area contributed by atoms with Crippen molar-refractivity contribution >= 4 is 46.3 Å². The lowest BCUT2D eigenvalue weighted by Gasteiger charge is -2.11. The number of anilines is 2. The van der Waals surface area contributed by atoms with Crippen LogP contribution in [0, 0.1) is 0 Å². The molecule has 0 radical (unpaired) electrons. The smallest absolute Gasteiger partial charge is 0.384 e. The lowest BCUT2D eigenvalue weighted by Crippen LogP contribution is -2.27. The Morgan fingerprint density at radius 3 is 2.58 bits per heavy atom. The number of halogens is 4. The number of alkyl halides is 3. The summed E-state index contributed by atoms with van der Waals surface area (Å²) in [4.78, 5) is 36.4. The molecule has 0 spiro atoms. The van der Waals surface area contributed by atoms with Crippen LogP contribution in [-0.2, 0) is 6.18 Å². The number of hydrogen-bond acceptors (Lipinski definition) is 7. The lowest BCUT2D eigenvalue weighted by atomic mass is 10.2. The molecule has 4 N–H and O–H groups in total. The normalized spacial score (nSPS) is 12.3. The van der Waals surface area contributed by atoms with Gasteiger partial charge >= 0.3 is 6.18 Å². The van der Waals surface area contributed by atoms with E-state index in [1.54, 1.807) is 6.92 Å². The minimum Gasteiger partial charge on any atom is -0.384 e. The summed E-state index contributed by atoms with van der Waals surface area (Å²) in [5.74, 6) is -1.03. The molecule has 0 aliphatic carbocycles. The van der Waals surface area contributed by atoms with E-state index in [1.165, 1.54) is 18.3 Å². The molecule has 0 saturated heterocycles. The molecular formula is C18H14ClF3N6O2S. The van der Waals surface area contributed by atoms with Crippen molar-refractivity contribution in [1.29, 1.82) is 0 Å². The molecule has 0 bridgehead atoms. The van der Waals surface area contributed by atoms with E-state index in [4.69, 9.17) is 17.3 Å². The Labute approximate surface area is 182 Å². The van der Waals surface area contributed by atoms with Crippen LogP contribution in [-0.4, -0.2) is 26.8 Å². The minimum absolute atomic E-state index is 0.0667. The highest BCUT2D eigenvalue weighted by Gasteiger charge is 2.33. The van der Waals surface area contributed by atoms with Crippen molar-refractivity contribution < 1.29 is 22.8 Å². The van der Waals surface area contributed by atoms with Crippen LogP contribution in [0.15, 0.2) is 36.8 Å². The molecule has 8 nitrogen and oxygen atoms in total. The number of amides is 2. The number of rotatable bonds is 5. The van der Waals surface area contributed by atoms with Crippen molar-refractivity contribution in [3.05, 3.63) is 63.0 Å². The standard InChI is InChI=1S/C18H14ClF3N6O2S/c1-8(27-15(29)12-5-14(23)26-7-25-12)17-24-6-13(31-17)16(30)28-9-2-3-11(19)10(4-9)18(20,21)22/h2-8H,1H3,(H,27,29)(H,28,30)(H2,23,25,26)/t8-/m0/s1. The Bertz CT molecular complexity index is 1140. The topological polar surface area (TPSA) is 123 Å². The first-order chi connectivity index (χ1) is 14.5. The monoisotopic (exact) mass is 470 g/mol. The number of hydrogen-bond donors (Lipinski definition) is 3. The van der Waals surface area contributed by atoms with E-state index in [1.807, 2.05) is 0 Å². The van der Waals surface area contributed by atoms with E-state index < -0.39 is 34.6 Å². The molecule has 1 aromatic carbocycles. The number of carbonyl (C=O) groups excluding carboxylic acids is 2. The maximum atomic E-state index is 13.0. The first-order valence-corrected chi connectivity index (χ1v) is 9.76. The Kier molecular flexibility index (Phi) is 6.41. The zero-order valence-corrected chi connectivity index (χ0v) is 17.3. The van der Waals surface area contributed by atoms with E-state index in [2.05, 4.69) is 25.6 Å². The first-order valence-electron chi connectivity index (χ1n) is 8.57. The molecule has 1 atom stereocenters. The Morgan fingerprint density at radius 2 is 1.90 bits per heavy atom. The number of nitrogens with one attached hydrogen (secondary N) is 2. The predicted octanol–water partition coefficient (Wildman–Crippen LogP) is 3.93. The maximum absolute atomic E-state index is 13.0. The zero-order chi connectivity index (χ0) is 22.8. The highest BCUT2D eigenvalue weighted by atomic mass is 35.5. The number of carbonyl (C=O) groups is 2. The number of thiazole rings is 1. The van der Waals surface area contributed by atoms with E-state index in [0.29, 0.717) is 5.01 Å². The molecule has 0 saturated carbocycles. The minimum atomic E-state index is -4.66. The van der Waals surface area contributed by atoms with Crippen LogP contribution >= 0.6 is 22.9 Å². The van der Waals surface area contributed by atoms with Gasteiger partial charge in [-0.25, -0.2) is 15.0 Å². The van der Waals surface area contributed by atoms with Gasteiger partial charge in [-0.3, -0.25) is 9.59 Å². The van der Waals surface area contributed by atoms with Gasteiger partial charge in [0.15, 0.2) is 0 Å². The summed E-state index contributed by atoms with van der Waals surface area (Å²) in [5.41, 5.74) is 4.46. The van der Waals surface area contributed by atoms with Gasteiger partial charge in [0.2, 0.25) is 0 Å². The third-order valence-corrected chi connectivity index (χ3v) is 5.42. The fourth-order valence-corrected chi connectivity index (χ4v) is 3.47. The van der Waals surface area contributed by atoms with Crippen LogP contribution in [0.25, 0.3) is 0 Å². The van der Waals surface area contributed by atoms with Gasteiger partial charge in [0.05, 0.1) is 22.8 Å². The average molecular weight is 471 g/mol. The number of nitrogens with zero attached hydrogens (tertiary/aromatic N) is 3. The molecule has 2 heterocycles. The number of benzene rings is 1. The zero-order valence-electron chi connectivity index (χ0n) is 15.7. The summed E-state index contributed by atoms with van der Waals surface area (Å²) >= 11 is 6.55. The highest BCUT2D eigenvalue weighted by molar-refractivity contribution is 7.13. The van der Waals surface area contributed by atoms with Crippen molar-refractivity contribution in [2.75, 3.05) is 11.1 Å². The fraction of sp³-hybridized carbons (Fsp3) is 0.167. The lowest BCUT2D eigenvalue weighted by molar-refractivity contribution is -0.137. The molecule has 0 fully saturated rings. The number of aromatic nitrogens is 3. The van der Waals surface area contributed by atoms with Crippen LogP contribution in [0.5, 0.6) is 0 Å². The first kappa shape index (κ1) is 22.4. The van der Waals surface area contributed by atoms with E-state index in [0.717, 1.165) is 29.8 Å². The summed E-state index contributed by atoms with van der Waals surface area (Å²) in [5, 5.41) is 4.98. The molecule has 0 unspecified atom stereocenters. The Balaban J connectivity index is 1.69. The summed E-state index contributed by atoms with van der Waals surface area (Å²) in [6.07, 6.45) is -2.24. The quantitative estimate of drug-likeness (QED) is 0.519. The second-order valence-electron chi connectivity index (χ2n) is 6.23. The Hall–Kier alpha value is -3.25. The van der Waals surface area contributed by atoms with Crippen LogP contribution in [0.2, 0.25) is 5.02 Å². The van der Waals surface area contributed by atoms with Crippen LogP contribution < -0.4 is 16.4 Å². The fourth-order valence-electron chi connectivity index (χ4n) is 2.43. The molecule has 3 aromatic rings. The van der Waals surface area contributed by atoms with Gasteiger partial charge in [-0.1, -0.05) is 11.6 Å². The van der Waals surface area contributed by atoms with Gasteiger partial charge in [0, 0.05) is 11.8 Å². The van der Waals surface area contributed by atoms with Gasteiger partial charge in [0.25, 0.3) is 11.8 Å². The van der Waals surface area contributed by atoms with E-state index in [9.17, 15) is 22.8 Å². The van der Waals surface area contributed by atoms with Crippen LogP contribution in [0.4, 0.5) is 24.7 Å². The molecule has 13 heteroatoms. The van der Waals surface area contributed by atoms with Gasteiger partial charge in [-0.15, -0.1) is 11.3 Å². The highest BCUT2D eigenvalue weighted by Crippen LogP contribution is 2.36. The van der Waals surface area contributed by atoms with Gasteiger partial charge in [0.1, 0.15) is 27.7 Å². The molecule has 3 rings (SSSR count). The van der Waals surface area contributed by atoms with Crippen LogP contribution in [0.3, 0.4) is 0 Å². The molecular weight excluding hydrogens is 457 g/mol. The van der Waals surface area contributed by atoms with Gasteiger partial charge in [-0.05, 0) is 25.1 Å². The van der Waals surface area contributed by atoms with E-state index >= 15 is 0 Å². The largest absolute Gasteiger partial charge is 0.417 e. The van der Waals surface area contributed by atoms with E-state index in [-0.39, 0.29) is 22.1 Å². The second-order valence-corrected chi connectivity index (χ2v) is 7.70. The summed E-state index contributed by atoms with van der Waals surface area (Å²) < 4.78 is 38.9. The van der Waals surface area contributed by atoms with Crippen molar-refractivity contribution in [2.24, 2.45) is 0 Å². The molecule has 0 aliphatic heterocycles. The van der Waals surface area contributed by atoms with Gasteiger partial charge in [-0.2, -0.15) is 13.2 Å². The number of nitrogen functional groups attached to an aromatic ring is 1. The third-order valence-electron chi connectivity index (χ3n) is 3.92. The summed E-state index contributed by atoms with van der Waals surface area (Å²) in [6, 6.07) is 3.80. The van der Waals surface area contributed by atoms with Gasteiger partial charge < -0.3 is 16.4 Å². The number of nitrogens with two attached hydrogens (primary N) is 1. The summed E-state index contributed by atoms with van der Waals surface area (Å²) in [6.45, 7) is 1.65. The van der Waals surface area contributed by atoms with Crippen molar-refractivity contribution in [1.82, 2.24) is 20.3 Å².